The van der Waals surface area contributed by atoms with E-state index in [2.05, 4.69) is 0 Å². The molecule has 128 valence electrons. The third-order valence-corrected chi connectivity index (χ3v) is 4.82. The number of nitrogens with zero attached hydrogens (tertiary/aromatic N) is 4. The predicted octanol–water partition coefficient (Wildman–Crippen LogP) is 3.05. The summed E-state index contributed by atoms with van der Waals surface area (Å²) in [4.78, 5) is 14.2. The molecule has 2 fully saturated rings. The van der Waals surface area contributed by atoms with Crippen LogP contribution in [0.2, 0.25) is 0 Å². The van der Waals surface area contributed by atoms with Crippen molar-refractivity contribution in [2.75, 3.05) is 4.90 Å². The molecule has 3 rings (SSSR count). The zero-order valence-electron chi connectivity index (χ0n) is 12.4. The molecule has 5 nitrogen and oxygen atoms in total. The van der Waals surface area contributed by atoms with Crippen molar-refractivity contribution in [2.45, 2.75) is 31.0 Å². The topological polar surface area (TPSA) is 71.1 Å². The molecule has 1 heterocycles. The first-order valence-electron chi connectivity index (χ1n) is 7.07. The summed E-state index contributed by atoms with van der Waals surface area (Å²) in [5, 5.41) is 17.7. The van der Waals surface area contributed by atoms with E-state index in [0.29, 0.717) is 24.2 Å². The van der Waals surface area contributed by atoms with Crippen LogP contribution in [0.15, 0.2) is 12.1 Å². The highest BCUT2D eigenvalue weighted by molar-refractivity contribution is 7.80. The van der Waals surface area contributed by atoms with E-state index in [-0.39, 0.29) is 5.11 Å². The number of amides is 1. The minimum Gasteiger partial charge on any atom is -0.271 e. The number of benzene rings is 1. The monoisotopic (exact) mass is 368 g/mol. The van der Waals surface area contributed by atoms with Crippen LogP contribution in [0.1, 0.15) is 30.4 Å². The first kappa shape index (κ1) is 17.1. The molecule has 1 aromatic rings. The van der Waals surface area contributed by atoms with Crippen molar-refractivity contribution in [1.29, 1.82) is 10.5 Å². The van der Waals surface area contributed by atoms with Crippen LogP contribution in [0.4, 0.5) is 23.2 Å². The molecule has 0 atom stereocenters. The average Bonchev–Trinajstić information content (AvgIpc) is 2.72. The van der Waals surface area contributed by atoms with E-state index in [1.54, 1.807) is 6.19 Å². The molecule has 0 radical (unpaired) electrons. The van der Waals surface area contributed by atoms with Gasteiger partial charge in [0.15, 0.2) is 17.1 Å². The minimum absolute atomic E-state index is 0.306. The summed E-state index contributed by atoms with van der Waals surface area (Å²) in [5.41, 5.74) is -4.63. The second-order valence-electron chi connectivity index (χ2n) is 5.67. The lowest BCUT2D eigenvalue weighted by molar-refractivity contribution is -0.140. The van der Waals surface area contributed by atoms with Gasteiger partial charge in [0.25, 0.3) is 5.91 Å². The molecule has 1 saturated heterocycles. The number of halogens is 4. The van der Waals surface area contributed by atoms with Crippen LogP contribution in [0.5, 0.6) is 0 Å². The molecular weight excluding hydrogens is 360 g/mol. The number of carbonyl (C=O) groups excluding carboxylic acids is 1. The van der Waals surface area contributed by atoms with Crippen molar-refractivity contribution in [1.82, 2.24) is 4.90 Å². The molecule has 1 saturated carbocycles. The smallest absolute Gasteiger partial charge is 0.271 e. The quantitative estimate of drug-likeness (QED) is 0.433. The molecular formula is C15H8F4N4OS. The zero-order chi connectivity index (χ0) is 18.6. The van der Waals surface area contributed by atoms with Gasteiger partial charge in [-0.3, -0.25) is 9.69 Å². The van der Waals surface area contributed by atoms with Gasteiger partial charge < -0.3 is 0 Å². The van der Waals surface area contributed by atoms with E-state index < -0.39 is 40.3 Å². The lowest BCUT2D eigenvalue weighted by Gasteiger charge is -2.38. The molecule has 0 unspecified atom stereocenters. The normalized spacial score (nSPS) is 19.0. The standard InChI is InChI=1S/C15H8F4N4OS/c16-11-9(3-2-8(6-20)10(11)15(17,18)19)23-12(24)14(4-1-5-14)22(7-21)13(23)25/h2-3H,1,4-5H2. The SMILES string of the molecule is N#Cc1ccc(N2C(=O)C3(CCC3)N(C#N)C2=S)c(F)c1C(F)(F)F. The van der Waals surface area contributed by atoms with E-state index in [1.165, 1.54) is 6.07 Å². The van der Waals surface area contributed by atoms with Crippen LogP contribution in [0.3, 0.4) is 0 Å². The van der Waals surface area contributed by atoms with Gasteiger partial charge in [-0.15, -0.1) is 0 Å². The molecule has 1 aromatic carbocycles. The highest BCUT2D eigenvalue weighted by Crippen LogP contribution is 2.46. The first-order valence-corrected chi connectivity index (χ1v) is 7.48. The van der Waals surface area contributed by atoms with Crippen molar-refractivity contribution in [3.05, 3.63) is 29.1 Å². The van der Waals surface area contributed by atoms with Crippen LogP contribution in [0, 0.1) is 28.6 Å². The second-order valence-corrected chi connectivity index (χ2v) is 6.04. The molecule has 25 heavy (non-hydrogen) atoms. The molecule has 1 amide bonds. The van der Waals surface area contributed by atoms with Gasteiger partial charge in [0.1, 0.15) is 11.1 Å². The molecule has 0 N–H and O–H groups in total. The zero-order valence-corrected chi connectivity index (χ0v) is 13.2. The summed E-state index contributed by atoms with van der Waals surface area (Å²) >= 11 is 5.02. The molecule has 10 heteroatoms. The number of rotatable bonds is 1. The molecule has 1 aliphatic heterocycles. The van der Waals surface area contributed by atoms with Crippen molar-refractivity contribution < 1.29 is 22.4 Å². The third-order valence-electron chi connectivity index (χ3n) is 4.46. The predicted molar refractivity (Wildman–Crippen MR) is 80.2 cm³/mol. The highest BCUT2D eigenvalue weighted by Gasteiger charge is 2.60. The van der Waals surface area contributed by atoms with Crippen molar-refractivity contribution >= 4 is 28.9 Å². The van der Waals surface area contributed by atoms with Gasteiger partial charge in [-0.1, -0.05) is 0 Å². The fourth-order valence-electron chi connectivity index (χ4n) is 3.08. The largest absolute Gasteiger partial charge is 0.420 e. The number of thiocarbonyl (C=S) groups is 1. The van der Waals surface area contributed by atoms with Crippen molar-refractivity contribution in [3.63, 3.8) is 0 Å². The lowest BCUT2D eigenvalue weighted by Crippen LogP contribution is -2.53. The van der Waals surface area contributed by atoms with Gasteiger partial charge in [-0.25, -0.2) is 9.29 Å². The van der Waals surface area contributed by atoms with Crippen LogP contribution >= 0.6 is 12.2 Å². The van der Waals surface area contributed by atoms with Gasteiger partial charge in [-0.2, -0.15) is 23.7 Å². The Balaban J connectivity index is 2.18. The molecule has 2 aliphatic rings. The number of hydrogen-bond donors (Lipinski definition) is 0. The summed E-state index contributed by atoms with van der Waals surface area (Å²) < 4.78 is 54.0. The highest BCUT2D eigenvalue weighted by atomic mass is 32.1. The van der Waals surface area contributed by atoms with Crippen LogP contribution in [-0.4, -0.2) is 21.5 Å². The Kier molecular flexibility index (Phi) is 3.69. The van der Waals surface area contributed by atoms with E-state index in [9.17, 15) is 27.6 Å². The Morgan fingerprint density at radius 1 is 1.24 bits per heavy atom. The van der Waals surface area contributed by atoms with Crippen molar-refractivity contribution in [3.8, 4) is 12.3 Å². The number of anilines is 1. The second kappa shape index (κ2) is 5.39. The van der Waals surface area contributed by atoms with Gasteiger partial charge in [-0.05, 0) is 43.6 Å². The fraction of sp³-hybridized carbons (Fsp3) is 0.333. The summed E-state index contributed by atoms with van der Waals surface area (Å²) in [7, 11) is 0. The summed E-state index contributed by atoms with van der Waals surface area (Å²) in [5.74, 6) is -2.50. The number of alkyl halides is 3. The number of nitriles is 2. The third kappa shape index (κ3) is 2.18. The Hall–Kier alpha value is -2.72. The van der Waals surface area contributed by atoms with Gasteiger partial charge in [0, 0.05) is 0 Å². The molecule has 0 aromatic heterocycles. The summed E-state index contributed by atoms with van der Waals surface area (Å²) in [6, 6.07) is 2.95. The van der Waals surface area contributed by atoms with E-state index >= 15 is 0 Å². The minimum atomic E-state index is -5.13. The average molecular weight is 368 g/mol. The fourth-order valence-corrected chi connectivity index (χ4v) is 3.48. The maximum atomic E-state index is 14.6. The van der Waals surface area contributed by atoms with Crippen LogP contribution in [-0.2, 0) is 11.0 Å². The Labute approximate surface area is 144 Å². The lowest BCUT2D eigenvalue weighted by atomic mass is 9.76. The van der Waals surface area contributed by atoms with Crippen molar-refractivity contribution in [2.24, 2.45) is 0 Å². The van der Waals surface area contributed by atoms with Gasteiger partial charge >= 0.3 is 6.18 Å². The number of carbonyl (C=O) groups is 1. The molecule has 1 aliphatic carbocycles. The number of hydrogen-bond acceptors (Lipinski definition) is 4. The first-order chi connectivity index (χ1) is 11.7. The maximum absolute atomic E-state index is 14.6. The Morgan fingerprint density at radius 3 is 2.28 bits per heavy atom. The van der Waals surface area contributed by atoms with Gasteiger partial charge in [0.05, 0.1) is 17.3 Å². The Bertz CT molecular complexity index is 879. The van der Waals surface area contributed by atoms with Gasteiger partial charge in [0.2, 0.25) is 0 Å². The van der Waals surface area contributed by atoms with E-state index in [4.69, 9.17) is 17.5 Å². The van der Waals surface area contributed by atoms with E-state index in [0.717, 1.165) is 17.0 Å². The van der Waals surface area contributed by atoms with E-state index in [1.807, 2.05) is 0 Å². The van der Waals surface area contributed by atoms with Crippen LogP contribution < -0.4 is 4.90 Å². The molecule has 1 spiro atoms. The van der Waals surface area contributed by atoms with Crippen LogP contribution in [0.25, 0.3) is 0 Å². The summed E-state index contributed by atoms with van der Waals surface area (Å²) in [6.07, 6.45) is -2.12. The maximum Gasteiger partial charge on any atom is 0.420 e. The Morgan fingerprint density at radius 2 is 1.88 bits per heavy atom. The summed E-state index contributed by atoms with van der Waals surface area (Å²) in [6.45, 7) is 0. The molecule has 0 bridgehead atoms.